The van der Waals surface area contributed by atoms with Crippen LogP contribution in [0, 0.1) is 0 Å². The fourth-order valence-corrected chi connectivity index (χ4v) is 4.18. The van der Waals surface area contributed by atoms with Crippen LogP contribution in [0.25, 0.3) is 0 Å². The lowest BCUT2D eigenvalue weighted by Crippen LogP contribution is -2.50. The van der Waals surface area contributed by atoms with Gasteiger partial charge in [-0.3, -0.25) is 9.69 Å². The van der Waals surface area contributed by atoms with Crippen LogP contribution in [0.15, 0.2) is 24.3 Å². The molecule has 0 aliphatic carbocycles. The van der Waals surface area contributed by atoms with Crippen LogP contribution in [0.5, 0.6) is 0 Å². The monoisotopic (exact) mass is 263 g/mol. The molecular weight excluding hydrogens is 246 g/mol. The molecule has 1 fully saturated rings. The smallest absolute Gasteiger partial charge is 0.321 e. The van der Waals surface area contributed by atoms with Crippen LogP contribution in [-0.4, -0.2) is 39.6 Å². The zero-order valence-corrected chi connectivity index (χ0v) is 11.0. The van der Waals surface area contributed by atoms with Gasteiger partial charge in [0.05, 0.1) is 0 Å². The summed E-state index contributed by atoms with van der Waals surface area (Å²) in [6, 6.07) is 8.32. The lowest BCUT2D eigenvalue weighted by Gasteiger charge is -2.38. The summed E-state index contributed by atoms with van der Waals surface area (Å²) in [7, 11) is 0. The number of carboxylic acid groups (broad SMARTS) is 1. The summed E-state index contributed by atoms with van der Waals surface area (Å²) in [5.74, 6) is 1.56. The summed E-state index contributed by atoms with van der Waals surface area (Å²) in [4.78, 5) is 13.7. The highest BCUT2D eigenvalue weighted by molar-refractivity contribution is 7.99. The molecule has 1 aromatic rings. The first-order chi connectivity index (χ1) is 8.75. The van der Waals surface area contributed by atoms with Crippen molar-refractivity contribution < 1.29 is 9.90 Å². The summed E-state index contributed by atoms with van der Waals surface area (Å²) < 4.78 is 0. The number of carbonyl (C=O) groups is 1. The number of rotatable bonds is 2. The molecule has 0 spiro atoms. The standard InChI is InChI=1S/C14H17NO2S/c16-14(17)13-7-10-3-1-2-4-11(10)8-15(13)12-5-6-18-9-12/h1-4,12-13H,5-9H2,(H,16,17). The topological polar surface area (TPSA) is 40.5 Å². The Morgan fingerprint density at radius 1 is 1.33 bits per heavy atom. The van der Waals surface area contributed by atoms with Gasteiger partial charge in [0, 0.05) is 18.3 Å². The van der Waals surface area contributed by atoms with E-state index in [2.05, 4.69) is 17.0 Å². The molecule has 0 radical (unpaired) electrons. The lowest BCUT2D eigenvalue weighted by atomic mass is 9.92. The molecule has 18 heavy (non-hydrogen) atoms. The molecule has 2 atom stereocenters. The van der Waals surface area contributed by atoms with Crippen LogP contribution in [0.4, 0.5) is 0 Å². The van der Waals surface area contributed by atoms with E-state index < -0.39 is 5.97 Å². The Morgan fingerprint density at radius 3 is 2.78 bits per heavy atom. The molecule has 4 heteroatoms. The Hall–Kier alpha value is -1.00. The maximum atomic E-state index is 11.5. The van der Waals surface area contributed by atoms with E-state index in [1.807, 2.05) is 23.9 Å². The summed E-state index contributed by atoms with van der Waals surface area (Å²) in [5.41, 5.74) is 2.50. The largest absolute Gasteiger partial charge is 0.480 e. The maximum absolute atomic E-state index is 11.5. The van der Waals surface area contributed by atoms with Gasteiger partial charge in [-0.15, -0.1) is 0 Å². The molecule has 0 saturated carbocycles. The van der Waals surface area contributed by atoms with Crippen LogP contribution in [0.1, 0.15) is 17.5 Å². The van der Waals surface area contributed by atoms with Gasteiger partial charge in [0.1, 0.15) is 6.04 Å². The minimum atomic E-state index is -0.679. The number of aliphatic carboxylic acids is 1. The van der Waals surface area contributed by atoms with E-state index >= 15 is 0 Å². The van der Waals surface area contributed by atoms with E-state index in [9.17, 15) is 9.90 Å². The summed E-state index contributed by atoms with van der Waals surface area (Å²) in [5, 5.41) is 9.45. The molecule has 1 N–H and O–H groups in total. The second-order valence-corrected chi connectivity index (χ2v) is 6.17. The van der Waals surface area contributed by atoms with Gasteiger partial charge in [-0.1, -0.05) is 24.3 Å². The van der Waals surface area contributed by atoms with Gasteiger partial charge in [-0.25, -0.2) is 0 Å². The molecule has 3 nitrogen and oxygen atoms in total. The van der Waals surface area contributed by atoms with E-state index in [-0.39, 0.29) is 6.04 Å². The van der Waals surface area contributed by atoms with Gasteiger partial charge in [0.15, 0.2) is 0 Å². The van der Waals surface area contributed by atoms with Crippen molar-refractivity contribution in [2.24, 2.45) is 0 Å². The van der Waals surface area contributed by atoms with Crippen LogP contribution in [-0.2, 0) is 17.8 Å². The quantitative estimate of drug-likeness (QED) is 0.886. The molecule has 1 saturated heterocycles. The average molecular weight is 263 g/mol. The third-order valence-corrected chi connectivity index (χ3v) is 5.09. The van der Waals surface area contributed by atoms with Crippen LogP contribution >= 0.6 is 11.8 Å². The van der Waals surface area contributed by atoms with Crippen LogP contribution in [0.3, 0.4) is 0 Å². The van der Waals surface area contributed by atoms with Crippen molar-refractivity contribution in [2.75, 3.05) is 11.5 Å². The summed E-state index contributed by atoms with van der Waals surface area (Å²) in [6.45, 7) is 0.790. The number of nitrogens with zero attached hydrogens (tertiary/aromatic N) is 1. The zero-order valence-electron chi connectivity index (χ0n) is 10.2. The first-order valence-corrected chi connectivity index (χ1v) is 7.54. The molecule has 2 unspecified atom stereocenters. The predicted octanol–water partition coefficient (Wildman–Crippen LogP) is 2.00. The normalized spacial score (nSPS) is 28.0. The van der Waals surface area contributed by atoms with E-state index in [1.165, 1.54) is 11.1 Å². The highest BCUT2D eigenvalue weighted by Crippen LogP contribution is 2.30. The van der Waals surface area contributed by atoms with E-state index in [1.54, 1.807) is 0 Å². The van der Waals surface area contributed by atoms with Crippen LogP contribution in [0.2, 0.25) is 0 Å². The Kier molecular flexibility index (Phi) is 3.31. The Balaban J connectivity index is 1.90. The van der Waals surface area contributed by atoms with E-state index in [0.29, 0.717) is 12.5 Å². The van der Waals surface area contributed by atoms with E-state index in [4.69, 9.17) is 0 Å². The van der Waals surface area contributed by atoms with Gasteiger partial charge in [0.2, 0.25) is 0 Å². The highest BCUT2D eigenvalue weighted by Gasteiger charge is 2.36. The third kappa shape index (κ3) is 2.15. The maximum Gasteiger partial charge on any atom is 0.321 e. The number of carboxylic acids is 1. The van der Waals surface area contributed by atoms with Gasteiger partial charge >= 0.3 is 5.97 Å². The molecule has 2 heterocycles. The molecule has 96 valence electrons. The highest BCUT2D eigenvalue weighted by atomic mass is 32.2. The van der Waals surface area contributed by atoms with Crippen molar-refractivity contribution >= 4 is 17.7 Å². The van der Waals surface area contributed by atoms with E-state index in [0.717, 1.165) is 24.5 Å². The SMILES string of the molecule is O=C(O)C1Cc2ccccc2CN1C1CCSC1. The van der Waals surface area contributed by atoms with Crippen LogP contribution < -0.4 is 0 Å². The molecule has 2 aliphatic heterocycles. The fourth-order valence-electron chi connectivity index (χ4n) is 2.94. The Labute approximate surface area is 111 Å². The van der Waals surface area contributed by atoms with Gasteiger partial charge in [-0.05, 0) is 29.7 Å². The number of thioether (sulfide) groups is 1. The van der Waals surface area contributed by atoms with Gasteiger partial charge in [0.25, 0.3) is 0 Å². The molecular formula is C14H17NO2S. The van der Waals surface area contributed by atoms with Crippen molar-refractivity contribution in [3.63, 3.8) is 0 Å². The van der Waals surface area contributed by atoms with Gasteiger partial charge in [-0.2, -0.15) is 11.8 Å². The van der Waals surface area contributed by atoms with Crippen molar-refractivity contribution in [1.29, 1.82) is 0 Å². The predicted molar refractivity (Wildman–Crippen MR) is 72.8 cm³/mol. The fraction of sp³-hybridized carbons (Fsp3) is 0.500. The minimum absolute atomic E-state index is 0.344. The summed E-state index contributed by atoms with van der Waals surface area (Å²) >= 11 is 1.94. The molecule has 0 amide bonds. The van der Waals surface area contributed by atoms with Crippen molar-refractivity contribution in [3.05, 3.63) is 35.4 Å². The first-order valence-electron chi connectivity index (χ1n) is 6.39. The average Bonchev–Trinajstić information content (AvgIpc) is 2.91. The second kappa shape index (κ2) is 4.94. The lowest BCUT2D eigenvalue weighted by molar-refractivity contribution is -0.144. The zero-order chi connectivity index (χ0) is 12.5. The number of fused-ring (bicyclic) bond motifs is 1. The molecule has 2 aliphatic rings. The molecule has 1 aromatic carbocycles. The number of hydrogen-bond acceptors (Lipinski definition) is 3. The van der Waals surface area contributed by atoms with Crippen molar-refractivity contribution in [2.45, 2.75) is 31.5 Å². The first kappa shape index (κ1) is 12.1. The minimum Gasteiger partial charge on any atom is -0.480 e. The second-order valence-electron chi connectivity index (χ2n) is 5.02. The Bertz CT molecular complexity index is 457. The van der Waals surface area contributed by atoms with Gasteiger partial charge < -0.3 is 5.11 Å². The molecule has 3 rings (SSSR count). The Morgan fingerprint density at radius 2 is 2.11 bits per heavy atom. The number of hydrogen-bond donors (Lipinski definition) is 1. The molecule has 0 bridgehead atoms. The van der Waals surface area contributed by atoms with Crippen molar-refractivity contribution in [3.8, 4) is 0 Å². The third-order valence-electron chi connectivity index (χ3n) is 3.94. The van der Waals surface area contributed by atoms with Crippen molar-refractivity contribution in [1.82, 2.24) is 4.90 Å². The summed E-state index contributed by atoms with van der Waals surface area (Å²) in [6.07, 6.45) is 1.77. The number of benzene rings is 1. The molecule has 0 aromatic heterocycles.